The number of rotatable bonds is 7. The van der Waals surface area contributed by atoms with Gasteiger partial charge in [0, 0.05) is 0 Å². The smallest absolute Gasteiger partial charge is 0.242 e. The van der Waals surface area contributed by atoms with Crippen molar-refractivity contribution in [3.63, 3.8) is 0 Å². The fourth-order valence-electron chi connectivity index (χ4n) is 1.08. The maximum atomic E-state index is 10.7. The van der Waals surface area contributed by atoms with E-state index in [1.54, 1.807) is 6.55 Å². The summed E-state index contributed by atoms with van der Waals surface area (Å²) in [5.74, 6) is 0. The first kappa shape index (κ1) is 12.7. The van der Waals surface area contributed by atoms with Crippen LogP contribution in [0.15, 0.2) is 23.9 Å². The van der Waals surface area contributed by atoms with Crippen molar-refractivity contribution in [3.8, 4) is 0 Å². The maximum Gasteiger partial charge on any atom is 0.242 e. The monoisotopic (exact) mass is 197 g/mol. The summed E-state index contributed by atoms with van der Waals surface area (Å²) in [6.07, 6.45) is 12.5. The standard InChI is InChI=1S/C11H21OSi/c1-3-4-5-6-7-8-9-10-11-13(2)12/h8-11,13H,3-7H2,1-2H3. The van der Waals surface area contributed by atoms with Gasteiger partial charge in [0.1, 0.15) is 0 Å². The Hall–Kier alpha value is -0.343. The van der Waals surface area contributed by atoms with Crippen molar-refractivity contribution in [2.45, 2.75) is 45.6 Å². The topological polar surface area (TPSA) is 19.9 Å². The predicted molar refractivity (Wildman–Crippen MR) is 60.7 cm³/mol. The van der Waals surface area contributed by atoms with E-state index in [0.29, 0.717) is 0 Å². The van der Waals surface area contributed by atoms with E-state index in [4.69, 9.17) is 0 Å². The molecule has 1 unspecified atom stereocenters. The molecule has 0 amide bonds. The van der Waals surface area contributed by atoms with Crippen LogP contribution in [0.2, 0.25) is 6.55 Å². The number of hydrogen-bond donors (Lipinski definition) is 0. The summed E-state index contributed by atoms with van der Waals surface area (Å²) >= 11 is 0. The van der Waals surface area contributed by atoms with E-state index in [0.717, 1.165) is 6.42 Å². The highest BCUT2D eigenvalue weighted by Gasteiger charge is 1.88. The zero-order valence-electron chi connectivity index (χ0n) is 8.83. The van der Waals surface area contributed by atoms with Crippen molar-refractivity contribution in [2.75, 3.05) is 0 Å². The van der Waals surface area contributed by atoms with Gasteiger partial charge in [0.15, 0.2) is 0 Å². The summed E-state index contributed by atoms with van der Waals surface area (Å²) in [4.78, 5) is 10.7. The molecule has 0 fully saturated rings. The molecule has 1 radical (unpaired) electrons. The quantitative estimate of drug-likeness (QED) is 0.339. The summed E-state index contributed by atoms with van der Waals surface area (Å²) in [7, 11) is -1.72. The first-order valence-electron chi connectivity index (χ1n) is 5.26. The first-order chi connectivity index (χ1) is 6.27. The molecular formula is C11H21OSi. The molecule has 0 spiro atoms. The third-order valence-electron chi connectivity index (χ3n) is 1.85. The lowest BCUT2D eigenvalue weighted by Crippen LogP contribution is -1.95. The van der Waals surface area contributed by atoms with Crippen LogP contribution in [-0.2, 0) is 4.80 Å². The SMILES string of the molecule is CCCCCCC=CC=C[SiH](C)[O]. The van der Waals surface area contributed by atoms with Crippen LogP contribution in [0.25, 0.3) is 0 Å². The lowest BCUT2D eigenvalue weighted by Gasteiger charge is -1.93. The third kappa shape index (κ3) is 11.7. The average molecular weight is 197 g/mol. The van der Waals surface area contributed by atoms with Gasteiger partial charge in [-0.25, -0.2) is 0 Å². The molecule has 0 bridgehead atoms. The van der Waals surface area contributed by atoms with Crippen LogP contribution in [0.1, 0.15) is 39.0 Å². The summed E-state index contributed by atoms with van der Waals surface area (Å²) in [6.45, 7) is 4.00. The molecule has 0 aliphatic carbocycles. The second-order valence-corrected chi connectivity index (χ2v) is 5.16. The third-order valence-corrected chi connectivity index (χ3v) is 2.62. The Morgan fingerprint density at radius 1 is 1.15 bits per heavy atom. The van der Waals surface area contributed by atoms with E-state index in [1.807, 2.05) is 17.9 Å². The average Bonchev–Trinajstić information content (AvgIpc) is 2.09. The fraction of sp³-hybridized carbons (Fsp3) is 0.636. The van der Waals surface area contributed by atoms with Crippen LogP contribution in [0.4, 0.5) is 0 Å². The molecule has 0 aromatic rings. The van der Waals surface area contributed by atoms with E-state index in [-0.39, 0.29) is 0 Å². The zero-order chi connectivity index (χ0) is 9.94. The van der Waals surface area contributed by atoms with Gasteiger partial charge in [-0.1, -0.05) is 50.1 Å². The van der Waals surface area contributed by atoms with E-state index < -0.39 is 9.04 Å². The largest absolute Gasteiger partial charge is 0.297 e. The van der Waals surface area contributed by atoms with E-state index in [1.165, 1.54) is 25.7 Å². The zero-order valence-corrected chi connectivity index (χ0v) is 9.99. The molecule has 0 heterocycles. The maximum absolute atomic E-state index is 10.7. The Morgan fingerprint density at radius 2 is 1.92 bits per heavy atom. The van der Waals surface area contributed by atoms with Crippen molar-refractivity contribution in [1.82, 2.24) is 0 Å². The minimum absolute atomic E-state index is 1.15. The van der Waals surface area contributed by atoms with Gasteiger partial charge in [0.2, 0.25) is 9.04 Å². The highest BCUT2D eigenvalue weighted by atomic mass is 28.3. The van der Waals surface area contributed by atoms with E-state index in [2.05, 4.69) is 13.0 Å². The molecule has 1 nitrogen and oxygen atoms in total. The fourth-order valence-corrected chi connectivity index (χ4v) is 1.53. The van der Waals surface area contributed by atoms with Crippen LogP contribution in [0.3, 0.4) is 0 Å². The first-order valence-corrected chi connectivity index (χ1v) is 7.55. The molecule has 13 heavy (non-hydrogen) atoms. The van der Waals surface area contributed by atoms with Crippen molar-refractivity contribution in [1.29, 1.82) is 0 Å². The highest BCUT2D eigenvalue weighted by Crippen LogP contribution is 2.02. The second-order valence-electron chi connectivity index (χ2n) is 3.37. The highest BCUT2D eigenvalue weighted by molar-refractivity contribution is 6.54. The predicted octanol–water partition coefficient (Wildman–Crippen LogP) is 3.39. The summed E-state index contributed by atoms with van der Waals surface area (Å²) in [5.41, 5.74) is 1.81. The van der Waals surface area contributed by atoms with Crippen LogP contribution in [0, 0.1) is 0 Å². The normalized spacial score (nSPS) is 14.4. The molecule has 0 aromatic heterocycles. The van der Waals surface area contributed by atoms with Crippen molar-refractivity contribution in [3.05, 3.63) is 23.9 Å². The van der Waals surface area contributed by atoms with Crippen LogP contribution in [-0.4, -0.2) is 9.04 Å². The van der Waals surface area contributed by atoms with Gasteiger partial charge in [-0.3, -0.25) is 4.80 Å². The van der Waals surface area contributed by atoms with Crippen LogP contribution >= 0.6 is 0 Å². The van der Waals surface area contributed by atoms with Gasteiger partial charge in [0.25, 0.3) is 0 Å². The van der Waals surface area contributed by atoms with Gasteiger partial charge < -0.3 is 0 Å². The Labute approximate surface area is 83.9 Å². The minimum atomic E-state index is -1.72. The number of unbranched alkanes of at least 4 members (excludes halogenated alkanes) is 4. The molecular weight excluding hydrogens is 176 g/mol. The van der Waals surface area contributed by atoms with Crippen LogP contribution < -0.4 is 0 Å². The summed E-state index contributed by atoms with van der Waals surface area (Å²) in [5, 5.41) is 0. The molecule has 75 valence electrons. The Morgan fingerprint density at radius 3 is 2.54 bits per heavy atom. The molecule has 0 aliphatic rings. The van der Waals surface area contributed by atoms with Crippen LogP contribution in [0.5, 0.6) is 0 Å². The Kier molecular flexibility index (Phi) is 9.49. The van der Waals surface area contributed by atoms with Crippen molar-refractivity contribution >= 4 is 9.04 Å². The Bertz CT molecular complexity index is 150. The van der Waals surface area contributed by atoms with E-state index >= 15 is 0 Å². The second kappa shape index (κ2) is 9.74. The molecule has 1 atom stereocenters. The van der Waals surface area contributed by atoms with Crippen molar-refractivity contribution in [2.24, 2.45) is 0 Å². The van der Waals surface area contributed by atoms with Gasteiger partial charge in [-0.2, -0.15) is 0 Å². The van der Waals surface area contributed by atoms with Gasteiger partial charge >= 0.3 is 0 Å². The van der Waals surface area contributed by atoms with Gasteiger partial charge in [0.05, 0.1) is 0 Å². The van der Waals surface area contributed by atoms with Crippen molar-refractivity contribution < 1.29 is 4.80 Å². The number of hydrogen-bond acceptors (Lipinski definition) is 0. The summed E-state index contributed by atoms with van der Waals surface area (Å²) < 4.78 is 0. The molecule has 0 saturated carbocycles. The molecule has 0 N–H and O–H groups in total. The molecule has 0 aliphatic heterocycles. The van der Waals surface area contributed by atoms with E-state index in [9.17, 15) is 4.80 Å². The lowest BCUT2D eigenvalue weighted by atomic mass is 10.1. The number of allylic oxidation sites excluding steroid dienone is 3. The van der Waals surface area contributed by atoms with Gasteiger partial charge in [-0.05, 0) is 19.4 Å². The molecule has 0 saturated heterocycles. The minimum Gasteiger partial charge on any atom is -0.297 e. The van der Waals surface area contributed by atoms with Gasteiger partial charge in [-0.15, -0.1) is 0 Å². The summed E-state index contributed by atoms with van der Waals surface area (Å²) in [6, 6.07) is 0. The molecule has 2 heteroatoms. The Balaban J connectivity index is 3.21. The molecule has 0 aromatic carbocycles. The lowest BCUT2D eigenvalue weighted by molar-refractivity contribution is 0.464. The molecule has 0 rings (SSSR count).